The molecule has 2 aromatic rings. The van der Waals surface area contributed by atoms with Gasteiger partial charge < -0.3 is 10.5 Å². The zero-order valence-corrected chi connectivity index (χ0v) is 11.4. The van der Waals surface area contributed by atoms with E-state index in [4.69, 9.17) is 10.5 Å². The second-order valence-electron chi connectivity index (χ2n) is 5.32. The van der Waals surface area contributed by atoms with Gasteiger partial charge in [0.15, 0.2) is 0 Å². The van der Waals surface area contributed by atoms with Gasteiger partial charge >= 0.3 is 0 Å². The van der Waals surface area contributed by atoms with Gasteiger partial charge in [-0.3, -0.25) is 4.68 Å². The van der Waals surface area contributed by atoms with Crippen molar-refractivity contribution in [2.24, 2.45) is 13.0 Å². The lowest BCUT2D eigenvalue weighted by Gasteiger charge is -2.12. The Labute approximate surface area is 113 Å². The summed E-state index contributed by atoms with van der Waals surface area (Å²) in [6.07, 6.45) is 4.38. The van der Waals surface area contributed by atoms with Gasteiger partial charge in [-0.2, -0.15) is 5.10 Å². The van der Waals surface area contributed by atoms with E-state index in [-0.39, 0.29) is 0 Å². The van der Waals surface area contributed by atoms with Gasteiger partial charge in [-0.05, 0) is 37.8 Å². The number of nitrogen functional groups attached to an aromatic ring is 1. The van der Waals surface area contributed by atoms with Crippen LogP contribution < -0.4 is 10.5 Å². The van der Waals surface area contributed by atoms with E-state index in [0.717, 1.165) is 29.4 Å². The molecule has 4 heteroatoms. The number of nitrogens with zero attached hydrogens (tertiary/aromatic N) is 2. The van der Waals surface area contributed by atoms with Gasteiger partial charge in [0.1, 0.15) is 11.6 Å². The Balaban J connectivity index is 1.97. The maximum absolute atomic E-state index is 6.07. The van der Waals surface area contributed by atoms with E-state index in [1.165, 1.54) is 18.4 Å². The number of nitrogens with two attached hydrogens (primary N) is 1. The van der Waals surface area contributed by atoms with Crippen molar-refractivity contribution in [1.82, 2.24) is 9.78 Å². The van der Waals surface area contributed by atoms with Gasteiger partial charge in [-0.15, -0.1) is 0 Å². The van der Waals surface area contributed by atoms with Crippen LogP contribution in [0.5, 0.6) is 5.75 Å². The van der Waals surface area contributed by atoms with E-state index < -0.39 is 0 Å². The Morgan fingerprint density at radius 2 is 2.16 bits per heavy atom. The predicted molar refractivity (Wildman–Crippen MR) is 76.0 cm³/mol. The third kappa shape index (κ3) is 2.43. The first-order valence-electron chi connectivity index (χ1n) is 6.66. The molecule has 0 aliphatic heterocycles. The van der Waals surface area contributed by atoms with Crippen molar-refractivity contribution in [2.45, 2.75) is 19.8 Å². The summed E-state index contributed by atoms with van der Waals surface area (Å²) in [5.41, 5.74) is 9.23. The third-order valence-corrected chi connectivity index (χ3v) is 3.58. The first-order chi connectivity index (χ1) is 9.15. The molecular weight excluding hydrogens is 238 g/mol. The molecular formula is C15H19N3O. The minimum atomic E-state index is 0.668. The van der Waals surface area contributed by atoms with Crippen LogP contribution in [-0.2, 0) is 7.05 Å². The van der Waals surface area contributed by atoms with Gasteiger partial charge in [0, 0.05) is 18.2 Å². The molecule has 19 heavy (non-hydrogen) atoms. The zero-order valence-electron chi connectivity index (χ0n) is 11.4. The molecule has 100 valence electrons. The summed E-state index contributed by atoms with van der Waals surface area (Å²) in [5.74, 6) is 2.31. The number of ether oxygens (including phenoxy) is 1. The maximum atomic E-state index is 6.07. The SMILES string of the molecule is Cc1ccc(OCC2CC2)c(-c2cnn(C)c2N)c1. The molecule has 4 nitrogen and oxygen atoms in total. The molecule has 1 heterocycles. The number of aromatic nitrogens is 2. The van der Waals surface area contributed by atoms with Gasteiger partial charge in [0.2, 0.25) is 0 Å². The number of hydrogen-bond acceptors (Lipinski definition) is 3. The molecule has 0 bridgehead atoms. The van der Waals surface area contributed by atoms with Crippen molar-refractivity contribution in [1.29, 1.82) is 0 Å². The molecule has 1 saturated carbocycles. The van der Waals surface area contributed by atoms with Gasteiger partial charge in [0.25, 0.3) is 0 Å². The smallest absolute Gasteiger partial charge is 0.129 e. The van der Waals surface area contributed by atoms with Crippen LogP contribution in [0.3, 0.4) is 0 Å². The summed E-state index contributed by atoms with van der Waals surface area (Å²) in [4.78, 5) is 0. The lowest BCUT2D eigenvalue weighted by Crippen LogP contribution is -2.02. The third-order valence-electron chi connectivity index (χ3n) is 3.58. The number of anilines is 1. The van der Waals surface area contributed by atoms with E-state index in [9.17, 15) is 0 Å². The van der Waals surface area contributed by atoms with Gasteiger partial charge in [0.05, 0.1) is 12.8 Å². The van der Waals surface area contributed by atoms with Crippen molar-refractivity contribution in [3.05, 3.63) is 30.0 Å². The van der Waals surface area contributed by atoms with Crippen LogP contribution in [0.25, 0.3) is 11.1 Å². The van der Waals surface area contributed by atoms with E-state index in [2.05, 4.69) is 24.2 Å². The highest BCUT2D eigenvalue weighted by atomic mass is 16.5. The van der Waals surface area contributed by atoms with E-state index in [1.54, 1.807) is 10.9 Å². The standard InChI is InChI=1S/C15H19N3O/c1-10-3-6-14(19-9-11-4-5-11)12(7-10)13-8-17-18(2)15(13)16/h3,6-8,11H,4-5,9,16H2,1-2H3. The normalized spacial score (nSPS) is 14.6. The molecule has 0 unspecified atom stereocenters. The molecule has 1 aromatic heterocycles. The van der Waals surface area contributed by atoms with Crippen LogP contribution in [0.2, 0.25) is 0 Å². The van der Waals surface area contributed by atoms with Gasteiger partial charge in [-0.1, -0.05) is 11.6 Å². The molecule has 0 spiro atoms. The summed E-state index contributed by atoms with van der Waals surface area (Å²) >= 11 is 0. The Morgan fingerprint density at radius 1 is 1.37 bits per heavy atom. The molecule has 0 amide bonds. The number of benzene rings is 1. The average Bonchev–Trinajstić information content (AvgIpc) is 3.16. The molecule has 2 N–H and O–H groups in total. The number of hydrogen-bond donors (Lipinski definition) is 1. The van der Waals surface area contributed by atoms with Crippen LogP contribution in [0, 0.1) is 12.8 Å². The fourth-order valence-electron chi connectivity index (χ4n) is 2.13. The van der Waals surface area contributed by atoms with Crippen LogP contribution >= 0.6 is 0 Å². The fraction of sp³-hybridized carbons (Fsp3) is 0.400. The number of aryl methyl sites for hydroxylation is 2. The monoisotopic (exact) mass is 257 g/mol. The van der Waals surface area contributed by atoms with Crippen LogP contribution in [-0.4, -0.2) is 16.4 Å². The van der Waals surface area contributed by atoms with Crippen molar-refractivity contribution in [3.63, 3.8) is 0 Å². The van der Waals surface area contributed by atoms with E-state index in [1.807, 2.05) is 13.1 Å². The zero-order chi connectivity index (χ0) is 13.4. The Morgan fingerprint density at radius 3 is 2.79 bits per heavy atom. The lowest BCUT2D eigenvalue weighted by molar-refractivity contribution is 0.301. The topological polar surface area (TPSA) is 53.1 Å². The molecule has 1 fully saturated rings. The maximum Gasteiger partial charge on any atom is 0.129 e. The molecule has 0 atom stereocenters. The fourth-order valence-corrected chi connectivity index (χ4v) is 2.13. The second-order valence-corrected chi connectivity index (χ2v) is 5.32. The first-order valence-corrected chi connectivity index (χ1v) is 6.66. The van der Waals surface area contributed by atoms with Crippen molar-refractivity contribution >= 4 is 5.82 Å². The summed E-state index contributed by atoms with van der Waals surface area (Å²) in [5, 5.41) is 4.21. The first kappa shape index (κ1) is 12.1. The lowest BCUT2D eigenvalue weighted by atomic mass is 10.0. The van der Waals surface area contributed by atoms with Crippen LogP contribution in [0.4, 0.5) is 5.82 Å². The molecule has 1 aliphatic carbocycles. The molecule has 0 saturated heterocycles. The Bertz CT molecular complexity index is 599. The van der Waals surface area contributed by atoms with Crippen LogP contribution in [0.15, 0.2) is 24.4 Å². The predicted octanol–water partition coefficient (Wildman–Crippen LogP) is 2.77. The average molecular weight is 257 g/mol. The van der Waals surface area contributed by atoms with Crippen molar-refractivity contribution < 1.29 is 4.74 Å². The molecule has 1 aliphatic rings. The highest BCUT2D eigenvalue weighted by Gasteiger charge is 2.23. The van der Waals surface area contributed by atoms with E-state index in [0.29, 0.717) is 5.82 Å². The molecule has 0 radical (unpaired) electrons. The van der Waals surface area contributed by atoms with Gasteiger partial charge in [-0.25, -0.2) is 0 Å². The largest absolute Gasteiger partial charge is 0.493 e. The van der Waals surface area contributed by atoms with Crippen molar-refractivity contribution in [3.8, 4) is 16.9 Å². The molecule has 3 rings (SSSR count). The highest BCUT2D eigenvalue weighted by molar-refractivity contribution is 5.78. The Kier molecular flexibility index (Phi) is 2.93. The second kappa shape index (κ2) is 4.61. The minimum absolute atomic E-state index is 0.668. The number of rotatable bonds is 4. The van der Waals surface area contributed by atoms with E-state index >= 15 is 0 Å². The Hall–Kier alpha value is -1.97. The molecule has 1 aromatic carbocycles. The summed E-state index contributed by atoms with van der Waals surface area (Å²) < 4.78 is 7.63. The minimum Gasteiger partial charge on any atom is -0.493 e. The summed E-state index contributed by atoms with van der Waals surface area (Å²) in [7, 11) is 1.85. The van der Waals surface area contributed by atoms with Crippen LogP contribution in [0.1, 0.15) is 18.4 Å². The summed E-state index contributed by atoms with van der Waals surface area (Å²) in [6, 6.07) is 6.20. The van der Waals surface area contributed by atoms with Crippen molar-refractivity contribution in [2.75, 3.05) is 12.3 Å². The highest BCUT2D eigenvalue weighted by Crippen LogP contribution is 2.36. The summed E-state index contributed by atoms with van der Waals surface area (Å²) in [6.45, 7) is 2.87. The quantitative estimate of drug-likeness (QED) is 0.916.